The van der Waals surface area contributed by atoms with Crippen molar-refractivity contribution in [3.63, 3.8) is 0 Å². The summed E-state index contributed by atoms with van der Waals surface area (Å²) in [7, 11) is 1.72. The number of aryl methyl sites for hydroxylation is 3. The van der Waals surface area contributed by atoms with Gasteiger partial charge in [-0.1, -0.05) is 6.92 Å². The van der Waals surface area contributed by atoms with Crippen molar-refractivity contribution >= 4 is 11.5 Å². The molecular formula is C12H17N7O2. The van der Waals surface area contributed by atoms with E-state index in [4.69, 9.17) is 0 Å². The zero-order valence-electron chi connectivity index (χ0n) is 12.0. The van der Waals surface area contributed by atoms with Gasteiger partial charge in [0.1, 0.15) is 17.8 Å². The fourth-order valence-electron chi connectivity index (χ4n) is 2.71. The number of nitro groups is 1. The van der Waals surface area contributed by atoms with Crippen LogP contribution in [0.1, 0.15) is 24.9 Å². The summed E-state index contributed by atoms with van der Waals surface area (Å²) in [4.78, 5) is 15.1. The number of anilines is 1. The molecule has 21 heavy (non-hydrogen) atoms. The van der Waals surface area contributed by atoms with Gasteiger partial charge < -0.3 is 5.32 Å². The average Bonchev–Trinajstić information content (AvgIpc) is 3.03. The van der Waals surface area contributed by atoms with Crippen LogP contribution in [0, 0.1) is 10.1 Å². The lowest BCUT2D eigenvalue weighted by Crippen LogP contribution is -2.32. The summed E-state index contributed by atoms with van der Waals surface area (Å²) in [6.07, 6.45) is 3.75. The van der Waals surface area contributed by atoms with Crippen LogP contribution in [0.5, 0.6) is 0 Å². The minimum atomic E-state index is -0.363. The second-order valence-corrected chi connectivity index (χ2v) is 5.12. The van der Waals surface area contributed by atoms with Crippen molar-refractivity contribution in [1.82, 2.24) is 24.5 Å². The largest absolute Gasteiger partial charge is 0.360 e. The summed E-state index contributed by atoms with van der Waals surface area (Å²) in [6.45, 7) is 2.51. The predicted octanol–water partition coefficient (Wildman–Crippen LogP) is 0.909. The van der Waals surface area contributed by atoms with Gasteiger partial charge >= 0.3 is 5.69 Å². The molecule has 1 N–H and O–H groups in total. The molecule has 0 aliphatic carbocycles. The second kappa shape index (κ2) is 5.15. The van der Waals surface area contributed by atoms with Gasteiger partial charge in [0, 0.05) is 19.5 Å². The van der Waals surface area contributed by atoms with Crippen molar-refractivity contribution < 1.29 is 4.92 Å². The van der Waals surface area contributed by atoms with Crippen LogP contribution in [-0.4, -0.2) is 35.5 Å². The van der Waals surface area contributed by atoms with E-state index in [1.165, 1.54) is 0 Å². The fourth-order valence-corrected chi connectivity index (χ4v) is 2.71. The average molecular weight is 291 g/mol. The highest BCUT2D eigenvalue weighted by molar-refractivity contribution is 5.60. The predicted molar refractivity (Wildman–Crippen MR) is 75.0 cm³/mol. The first kappa shape index (κ1) is 13.5. The van der Waals surface area contributed by atoms with Gasteiger partial charge in [-0.2, -0.15) is 10.2 Å². The third-order valence-electron chi connectivity index (χ3n) is 3.76. The maximum absolute atomic E-state index is 11.3. The third kappa shape index (κ3) is 2.34. The summed E-state index contributed by atoms with van der Waals surface area (Å²) in [6, 6.07) is 0.0815. The van der Waals surface area contributed by atoms with Crippen LogP contribution < -0.4 is 5.32 Å². The summed E-state index contributed by atoms with van der Waals surface area (Å²) >= 11 is 0. The molecule has 0 aromatic carbocycles. The van der Waals surface area contributed by atoms with Gasteiger partial charge in [-0.15, -0.1) is 0 Å². The van der Waals surface area contributed by atoms with Crippen LogP contribution in [0.25, 0.3) is 0 Å². The molecular weight excluding hydrogens is 274 g/mol. The zero-order valence-corrected chi connectivity index (χ0v) is 12.0. The highest BCUT2D eigenvalue weighted by Crippen LogP contribution is 2.30. The number of nitrogens with one attached hydrogen (secondary N) is 1. The molecule has 3 rings (SSSR count). The molecule has 2 aromatic rings. The van der Waals surface area contributed by atoms with Crippen LogP contribution in [0.4, 0.5) is 11.5 Å². The highest BCUT2D eigenvalue weighted by Gasteiger charge is 2.29. The lowest BCUT2D eigenvalue weighted by molar-refractivity contribution is -0.384. The number of fused-ring (bicyclic) bond motifs is 1. The van der Waals surface area contributed by atoms with Crippen LogP contribution in [0.2, 0.25) is 0 Å². The van der Waals surface area contributed by atoms with Crippen LogP contribution >= 0.6 is 0 Å². The Kier molecular flexibility index (Phi) is 3.32. The van der Waals surface area contributed by atoms with E-state index in [1.54, 1.807) is 18.1 Å². The van der Waals surface area contributed by atoms with E-state index in [0.717, 1.165) is 18.7 Å². The first-order valence-electron chi connectivity index (χ1n) is 6.93. The second-order valence-electron chi connectivity index (χ2n) is 5.12. The van der Waals surface area contributed by atoms with E-state index >= 15 is 0 Å². The highest BCUT2D eigenvalue weighted by atomic mass is 16.6. The standard InChI is InChI=1S/C12H17N7O2/c1-3-9-11(19(20)21)12(17(2)16-9)15-8-4-5-10-13-7-14-18(10)6-8/h7-8,15H,3-6H2,1-2H3. The van der Waals surface area contributed by atoms with E-state index in [9.17, 15) is 10.1 Å². The molecule has 3 heterocycles. The Morgan fingerprint density at radius 1 is 1.57 bits per heavy atom. The van der Waals surface area contributed by atoms with E-state index in [-0.39, 0.29) is 16.7 Å². The number of rotatable bonds is 4. The quantitative estimate of drug-likeness (QED) is 0.663. The number of nitrogens with zero attached hydrogens (tertiary/aromatic N) is 6. The molecule has 9 heteroatoms. The number of hydrogen-bond donors (Lipinski definition) is 1. The molecule has 0 saturated carbocycles. The van der Waals surface area contributed by atoms with Crippen LogP contribution in [-0.2, 0) is 26.4 Å². The fraction of sp³-hybridized carbons (Fsp3) is 0.583. The van der Waals surface area contributed by atoms with E-state index in [1.807, 2.05) is 11.6 Å². The first-order valence-corrected chi connectivity index (χ1v) is 6.93. The van der Waals surface area contributed by atoms with Gasteiger partial charge in [0.05, 0.1) is 11.5 Å². The summed E-state index contributed by atoms with van der Waals surface area (Å²) in [5.74, 6) is 1.42. The Morgan fingerprint density at radius 2 is 2.38 bits per heavy atom. The molecule has 1 aliphatic rings. The van der Waals surface area contributed by atoms with E-state index in [0.29, 0.717) is 24.5 Å². The molecule has 112 valence electrons. The molecule has 0 spiro atoms. The monoisotopic (exact) mass is 291 g/mol. The van der Waals surface area contributed by atoms with Crippen molar-refractivity contribution in [1.29, 1.82) is 0 Å². The Bertz CT molecular complexity index is 675. The first-order chi connectivity index (χ1) is 10.1. The lowest BCUT2D eigenvalue weighted by Gasteiger charge is -2.24. The van der Waals surface area contributed by atoms with Crippen molar-refractivity contribution in [3.8, 4) is 0 Å². The molecule has 0 bridgehead atoms. The number of aromatic nitrogens is 5. The molecule has 2 aromatic heterocycles. The molecule has 9 nitrogen and oxygen atoms in total. The summed E-state index contributed by atoms with van der Waals surface area (Å²) < 4.78 is 3.39. The van der Waals surface area contributed by atoms with Gasteiger partial charge in [0.15, 0.2) is 0 Å². The molecule has 0 saturated heterocycles. The van der Waals surface area contributed by atoms with Crippen molar-refractivity contribution in [3.05, 3.63) is 28.0 Å². The maximum Gasteiger partial charge on any atom is 0.333 e. The van der Waals surface area contributed by atoms with E-state index in [2.05, 4.69) is 20.5 Å². The third-order valence-corrected chi connectivity index (χ3v) is 3.76. The summed E-state index contributed by atoms with van der Waals surface area (Å²) in [5.41, 5.74) is 0.576. The molecule has 0 radical (unpaired) electrons. The SMILES string of the molecule is CCc1nn(C)c(NC2CCc3ncnn3C2)c1[N+](=O)[O-]. The number of hydrogen-bond acceptors (Lipinski definition) is 6. The van der Waals surface area contributed by atoms with Gasteiger partial charge in [0.25, 0.3) is 0 Å². The van der Waals surface area contributed by atoms with Gasteiger partial charge in [-0.3, -0.25) is 10.1 Å². The summed E-state index contributed by atoms with van der Waals surface area (Å²) in [5, 5.41) is 22.9. The van der Waals surface area contributed by atoms with Crippen molar-refractivity contribution in [2.24, 2.45) is 7.05 Å². The van der Waals surface area contributed by atoms with Gasteiger partial charge in [-0.25, -0.2) is 14.3 Å². The van der Waals surface area contributed by atoms with Gasteiger partial charge in [-0.05, 0) is 12.8 Å². The molecule has 0 fully saturated rings. The minimum Gasteiger partial charge on any atom is -0.360 e. The molecule has 0 amide bonds. The smallest absolute Gasteiger partial charge is 0.333 e. The van der Waals surface area contributed by atoms with Crippen molar-refractivity contribution in [2.75, 3.05) is 5.32 Å². The van der Waals surface area contributed by atoms with E-state index < -0.39 is 0 Å². The Labute approximate surface area is 121 Å². The Balaban J connectivity index is 1.86. The maximum atomic E-state index is 11.3. The molecule has 1 unspecified atom stereocenters. The normalized spacial score (nSPS) is 17.5. The van der Waals surface area contributed by atoms with Crippen LogP contribution in [0.3, 0.4) is 0 Å². The van der Waals surface area contributed by atoms with Crippen LogP contribution in [0.15, 0.2) is 6.33 Å². The Morgan fingerprint density at radius 3 is 3.10 bits per heavy atom. The van der Waals surface area contributed by atoms with Gasteiger partial charge in [0.2, 0.25) is 5.82 Å². The topological polar surface area (TPSA) is 104 Å². The van der Waals surface area contributed by atoms with Crippen molar-refractivity contribution in [2.45, 2.75) is 38.8 Å². The lowest BCUT2D eigenvalue weighted by atomic mass is 10.1. The Hall–Kier alpha value is -2.45. The molecule has 1 aliphatic heterocycles. The minimum absolute atomic E-state index is 0.0735. The zero-order chi connectivity index (χ0) is 15.0. The molecule has 1 atom stereocenters.